The number of hydrogen-bond donors (Lipinski definition) is 0. The number of nitrogens with zero attached hydrogens (tertiary/aromatic N) is 1. The molecule has 0 amide bonds. The summed E-state index contributed by atoms with van der Waals surface area (Å²) in [5.74, 6) is 1.49. The van der Waals surface area contributed by atoms with Gasteiger partial charge in [-0.3, -0.25) is 4.99 Å². The van der Waals surface area contributed by atoms with Crippen molar-refractivity contribution < 1.29 is 4.74 Å². The number of rotatable bonds is 1. The Bertz CT molecular complexity index is 344. The van der Waals surface area contributed by atoms with Gasteiger partial charge in [0.15, 0.2) is 0 Å². The molecule has 0 spiro atoms. The number of fused-ring (bicyclic) bond motifs is 1. The Labute approximate surface area is 91.7 Å². The van der Waals surface area contributed by atoms with Crippen LogP contribution in [-0.4, -0.2) is 18.9 Å². The topological polar surface area (TPSA) is 21.6 Å². The minimum atomic E-state index is 0.201. The lowest BCUT2D eigenvalue weighted by molar-refractivity contribution is 0.300. The fourth-order valence-corrected chi connectivity index (χ4v) is 2.09. The van der Waals surface area contributed by atoms with Crippen molar-refractivity contribution in [1.82, 2.24) is 0 Å². The largest absolute Gasteiger partial charge is 0.497 e. The van der Waals surface area contributed by atoms with Crippen LogP contribution >= 0.6 is 0 Å². The maximum atomic E-state index is 5.23. The van der Waals surface area contributed by atoms with Crippen molar-refractivity contribution >= 4 is 5.71 Å². The van der Waals surface area contributed by atoms with Crippen LogP contribution in [0.2, 0.25) is 0 Å². The number of hydrogen-bond acceptors (Lipinski definition) is 2. The molecule has 0 fully saturated rings. The predicted octanol–water partition coefficient (Wildman–Crippen LogP) is 2.96. The number of ether oxygens (including phenoxy) is 1. The Balaban J connectivity index is 2.20. The zero-order chi connectivity index (χ0) is 11.1. The lowest BCUT2D eigenvalue weighted by Gasteiger charge is -2.18. The van der Waals surface area contributed by atoms with E-state index in [0.29, 0.717) is 12.0 Å². The highest BCUT2D eigenvalue weighted by molar-refractivity contribution is 5.91. The zero-order valence-electron chi connectivity index (χ0n) is 9.95. The van der Waals surface area contributed by atoms with Gasteiger partial charge in [-0.1, -0.05) is 26.8 Å². The van der Waals surface area contributed by atoms with Gasteiger partial charge in [0.05, 0.1) is 13.2 Å². The average Bonchev–Trinajstić information content (AvgIpc) is 2.59. The molecule has 1 aliphatic carbocycles. The fourth-order valence-electron chi connectivity index (χ4n) is 2.09. The lowest BCUT2D eigenvalue weighted by Crippen LogP contribution is -2.19. The van der Waals surface area contributed by atoms with Crippen molar-refractivity contribution in [3.05, 3.63) is 24.0 Å². The molecule has 0 aromatic carbocycles. The second-order valence-electron chi connectivity index (χ2n) is 5.32. The van der Waals surface area contributed by atoms with Crippen LogP contribution in [-0.2, 0) is 4.74 Å². The predicted molar refractivity (Wildman–Crippen MR) is 63.0 cm³/mol. The van der Waals surface area contributed by atoms with Crippen LogP contribution in [0, 0.1) is 11.3 Å². The van der Waals surface area contributed by atoms with E-state index >= 15 is 0 Å². The lowest BCUT2D eigenvalue weighted by atomic mass is 9.84. The second kappa shape index (κ2) is 3.51. The van der Waals surface area contributed by atoms with Crippen molar-refractivity contribution in [2.24, 2.45) is 16.3 Å². The first-order valence-corrected chi connectivity index (χ1v) is 5.52. The summed E-state index contributed by atoms with van der Waals surface area (Å²) in [6.07, 6.45) is 7.51. The molecule has 0 unspecified atom stereocenters. The Morgan fingerprint density at radius 3 is 2.73 bits per heavy atom. The molecule has 1 aliphatic heterocycles. The van der Waals surface area contributed by atoms with Gasteiger partial charge in [-0.05, 0) is 24.0 Å². The van der Waals surface area contributed by atoms with E-state index in [9.17, 15) is 0 Å². The normalized spacial score (nSPS) is 29.6. The minimum Gasteiger partial charge on any atom is -0.497 e. The van der Waals surface area contributed by atoms with E-state index < -0.39 is 0 Å². The third-order valence-electron chi connectivity index (χ3n) is 3.12. The van der Waals surface area contributed by atoms with Crippen LogP contribution in [0.1, 0.15) is 27.2 Å². The molecular weight excluding hydrogens is 186 g/mol. The summed E-state index contributed by atoms with van der Waals surface area (Å²) in [6, 6.07) is 0.305. The molecule has 0 radical (unpaired) electrons. The summed E-state index contributed by atoms with van der Waals surface area (Å²) in [5.41, 5.74) is 1.53. The zero-order valence-corrected chi connectivity index (χ0v) is 9.95. The van der Waals surface area contributed by atoms with Gasteiger partial charge < -0.3 is 4.74 Å². The van der Waals surface area contributed by atoms with Gasteiger partial charge in [-0.2, -0.15) is 0 Å². The molecule has 0 bridgehead atoms. The average molecular weight is 205 g/mol. The minimum absolute atomic E-state index is 0.201. The van der Waals surface area contributed by atoms with E-state index in [1.165, 1.54) is 5.71 Å². The van der Waals surface area contributed by atoms with Crippen LogP contribution in [0.25, 0.3) is 0 Å². The number of aliphatic imine (C=N–C) groups is 1. The van der Waals surface area contributed by atoms with Crippen LogP contribution < -0.4 is 0 Å². The molecule has 1 heterocycles. The molecule has 0 saturated heterocycles. The van der Waals surface area contributed by atoms with E-state index in [4.69, 9.17) is 9.73 Å². The van der Waals surface area contributed by atoms with E-state index in [0.717, 1.165) is 12.2 Å². The van der Waals surface area contributed by atoms with E-state index in [2.05, 4.69) is 39.0 Å². The summed E-state index contributed by atoms with van der Waals surface area (Å²) in [6.45, 7) is 6.69. The molecule has 0 saturated carbocycles. The Morgan fingerprint density at radius 1 is 1.40 bits per heavy atom. The molecule has 15 heavy (non-hydrogen) atoms. The smallest absolute Gasteiger partial charge is 0.116 e. The molecule has 2 aliphatic rings. The van der Waals surface area contributed by atoms with Crippen LogP contribution in [0.15, 0.2) is 29.0 Å². The summed E-state index contributed by atoms with van der Waals surface area (Å²) < 4.78 is 5.23. The quantitative estimate of drug-likeness (QED) is 0.645. The third kappa shape index (κ3) is 1.99. The summed E-state index contributed by atoms with van der Waals surface area (Å²) in [7, 11) is 1.71. The standard InChI is InChI=1S/C13H19NO/c1-13(2,3)12-7-9-5-6-10(15-4)8-11(9)14-12/h5-6,8-9,11H,7H2,1-4H3/t9-,11-/m1/s1. The highest BCUT2D eigenvalue weighted by Crippen LogP contribution is 2.34. The van der Waals surface area contributed by atoms with Crippen molar-refractivity contribution in [1.29, 1.82) is 0 Å². The maximum absolute atomic E-state index is 5.23. The molecule has 2 nitrogen and oxygen atoms in total. The molecular formula is C13H19NO. The highest BCUT2D eigenvalue weighted by atomic mass is 16.5. The van der Waals surface area contributed by atoms with Crippen LogP contribution in [0.4, 0.5) is 0 Å². The van der Waals surface area contributed by atoms with Crippen molar-refractivity contribution in [2.75, 3.05) is 7.11 Å². The van der Waals surface area contributed by atoms with Gasteiger partial charge >= 0.3 is 0 Å². The van der Waals surface area contributed by atoms with Gasteiger partial charge in [0.25, 0.3) is 0 Å². The summed E-state index contributed by atoms with van der Waals surface area (Å²) in [5, 5.41) is 0. The van der Waals surface area contributed by atoms with E-state index in [1.807, 2.05) is 0 Å². The molecule has 2 atom stereocenters. The monoisotopic (exact) mass is 205 g/mol. The van der Waals surface area contributed by atoms with Gasteiger partial charge in [0.2, 0.25) is 0 Å². The fraction of sp³-hybridized carbons (Fsp3) is 0.615. The van der Waals surface area contributed by atoms with Crippen molar-refractivity contribution in [3.8, 4) is 0 Å². The first-order chi connectivity index (χ1) is 7.00. The van der Waals surface area contributed by atoms with Gasteiger partial charge in [0, 0.05) is 11.6 Å². The Morgan fingerprint density at radius 2 is 2.13 bits per heavy atom. The Hall–Kier alpha value is -1.05. The molecule has 0 aromatic heterocycles. The van der Waals surface area contributed by atoms with Gasteiger partial charge in [-0.15, -0.1) is 0 Å². The number of allylic oxidation sites excluding steroid dienone is 1. The molecule has 82 valence electrons. The van der Waals surface area contributed by atoms with Crippen molar-refractivity contribution in [2.45, 2.75) is 33.2 Å². The molecule has 0 N–H and O–H groups in total. The summed E-state index contributed by atoms with van der Waals surface area (Å²) in [4.78, 5) is 4.79. The maximum Gasteiger partial charge on any atom is 0.116 e. The third-order valence-corrected chi connectivity index (χ3v) is 3.12. The van der Waals surface area contributed by atoms with Crippen LogP contribution in [0.5, 0.6) is 0 Å². The highest BCUT2D eigenvalue weighted by Gasteiger charge is 2.33. The van der Waals surface area contributed by atoms with Crippen molar-refractivity contribution in [3.63, 3.8) is 0 Å². The second-order valence-corrected chi connectivity index (χ2v) is 5.32. The SMILES string of the molecule is COC1=C[C@H]2N=C(C(C)(C)C)C[C@H]2C=C1. The van der Waals surface area contributed by atoms with E-state index in [1.54, 1.807) is 7.11 Å². The van der Waals surface area contributed by atoms with Crippen LogP contribution in [0.3, 0.4) is 0 Å². The van der Waals surface area contributed by atoms with E-state index in [-0.39, 0.29) is 5.41 Å². The number of methoxy groups -OCH3 is 1. The first kappa shape index (κ1) is 10.5. The molecule has 2 heteroatoms. The summed E-state index contributed by atoms with van der Waals surface area (Å²) >= 11 is 0. The first-order valence-electron chi connectivity index (χ1n) is 5.52. The molecule has 2 rings (SSSR count). The molecule has 0 aromatic rings. The van der Waals surface area contributed by atoms with Gasteiger partial charge in [0.1, 0.15) is 5.76 Å². The Kier molecular flexibility index (Phi) is 2.45. The van der Waals surface area contributed by atoms with Gasteiger partial charge in [-0.25, -0.2) is 0 Å².